The molecule has 2 aromatic carbocycles. The number of sulfonamides is 1. The number of hydrogen-bond acceptors (Lipinski definition) is 4. The van der Waals surface area contributed by atoms with E-state index in [1.807, 2.05) is 31.2 Å². The van der Waals surface area contributed by atoms with Crippen molar-refractivity contribution in [2.75, 3.05) is 0 Å². The molecule has 26 heavy (non-hydrogen) atoms. The molecule has 0 bridgehead atoms. The number of aryl methyl sites for hydroxylation is 2. The van der Waals surface area contributed by atoms with Gasteiger partial charge in [0.25, 0.3) is 5.56 Å². The molecule has 0 saturated heterocycles. The molecule has 7 nitrogen and oxygen atoms in total. The van der Waals surface area contributed by atoms with Gasteiger partial charge >= 0.3 is 5.69 Å². The highest BCUT2D eigenvalue weighted by molar-refractivity contribution is 7.89. The Labute approximate surface area is 150 Å². The summed E-state index contributed by atoms with van der Waals surface area (Å²) in [5.74, 6) is 0. The van der Waals surface area contributed by atoms with Gasteiger partial charge in [-0.25, -0.2) is 17.9 Å². The quantitative estimate of drug-likeness (QED) is 0.739. The number of hydrogen-bond donors (Lipinski definition) is 1. The zero-order chi connectivity index (χ0) is 19.1. The van der Waals surface area contributed by atoms with Crippen LogP contribution < -0.4 is 16.0 Å². The van der Waals surface area contributed by atoms with Crippen LogP contribution in [0, 0.1) is 6.92 Å². The van der Waals surface area contributed by atoms with E-state index in [-0.39, 0.29) is 16.8 Å². The van der Waals surface area contributed by atoms with Gasteiger partial charge in [0, 0.05) is 20.6 Å². The Morgan fingerprint density at radius 1 is 0.962 bits per heavy atom. The van der Waals surface area contributed by atoms with Gasteiger partial charge in [-0.2, -0.15) is 0 Å². The predicted molar refractivity (Wildman–Crippen MR) is 99.6 cm³/mol. The Kier molecular flexibility index (Phi) is 4.55. The Morgan fingerprint density at radius 3 is 2.27 bits per heavy atom. The van der Waals surface area contributed by atoms with Crippen molar-refractivity contribution in [3.8, 4) is 0 Å². The lowest BCUT2D eigenvalue weighted by Gasteiger charge is -2.10. The molecule has 0 aliphatic heterocycles. The maximum absolute atomic E-state index is 12.6. The van der Waals surface area contributed by atoms with Crippen LogP contribution in [0.15, 0.2) is 56.9 Å². The predicted octanol–water partition coefficient (Wildman–Crippen LogP) is 1.02. The summed E-state index contributed by atoms with van der Waals surface area (Å²) in [6.45, 7) is 2.10. The van der Waals surface area contributed by atoms with Crippen LogP contribution in [0.2, 0.25) is 0 Å². The summed E-state index contributed by atoms with van der Waals surface area (Å²) in [6.07, 6.45) is 0. The molecule has 0 atom stereocenters. The molecule has 0 unspecified atom stereocenters. The standard InChI is InChI=1S/C18H19N3O4S/c1-12-4-6-13(7-5-12)11-19-26(24,25)14-8-9-16-15(10-14)17(22)21(3)18(23)20(16)2/h4-10,19H,11H2,1-3H3. The Bertz CT molecular complexity index is 1210. The lowest BCUT2D eigenvalue weighted by molar-refractivity contribution is 0.581. The molecule has 0 radical (unpaired) electrons. The largest absolute Gasteiger partial charge is 0.330 e. The van der Waals surface area contributed by atoms with Gasteiger partial charge in [0.1, 0.15) is 0 Å². The minimum atomic E-state index is -3.80. The van der Waals surface area contributed by atoms with Crippen molar-refractivity contribution in [2.45, 2.75) is 18.4 Å². The van der Waals surface area contributed by atoms with Gasteiger partial charge in [0.05, 0.1) is 15.8 Å². The fraction of sp³-hybridized carbons (Fsp3) is 0.222. The fourth-order valence-corrected chi connectivity index (χ4v) is 3.75. The van der Waals surface area contributed by atoms with E-state index < -0.39 is 21.3 Å². The van der Waals surface area contributed by atoms with Crippen LogP contribution in [0.3, 0.4) is 0 Å². The second-order valence-corrected chi connectivity index (χ2v) is 7.96. The topological polar surface area (TPSA) is 90.2 Å². The van der Waals surface area contributed by atoms with Crippen molar-refractivity contribution >= 4 is 20.9 Å². The molecule has 1 heterocycles. The van der Waals surface area contributed by atoms with E-state index in [2.05, 4.69) is 4.72 Å². The molecule has 3 aromatic rings. The van der Waals surface area contributed by atoms with Gasteiger partial charge in [-0.05, 0) is 30.7 Å². The molecular formula is C18H19N3O4S. The molecule has 0 spiro atoms. The van der Waals surface area contributed by atoms with Crippen LogP contribution in [0.1, 0.15) is 11.1 Å². The van der Waals surface area contributed by atoms with Crippen molar-refractivity contribution in [3.63, 3.8) is 0 Å². The highest BCUT2D eigenvalue weighted by Crippen LogP contribution is 2.16. The number of nitrogens with one attached hydrogen (secondary N) is 1. The van der Waals surface area contributed by atoms with Crippen LogP contribution >= 0.6 is 0 Å². The molecule has 0 aliphatic carbocycles. The van der Waals surface area contributed by atoms with E-state index in [1.165, 1.54) is 36.9 Å². The van der Waals surface area contributed by atoms with Gasteiger partial charge in [-0.1, -0.05) is 29.8 Å². The molecular weight excluding hydrogens is 354 g/mol. The normalized spacial score (nSPS) is 11.8. The van der Waals surface area contributed by atoms with Crippen LogP contribution in [0.4, 0.5) is 0 Å². The van der Waals surface area contributed by atoms with Gasteiger partial charge < -0.3 is 0 Å². The zero-order valence-corrected chi connectivity index (χ0v) is 15.5. The van der Waals surface area contributed by atoms with E-state index in [0.29, 0.717) is 5.52 Å². The molecule has 0 aliphatic rings. The van der Waals surface area contributed by atoms with Crippen molar-refractivity contribution in [3.05, 3.63) is 74.4 Å². The maximum atomic E-state index is 12.6. The lowest BCUT2D eigenvalue weighted by atomic mass is 10.2. The molecule has 136 valence electrons. The monoisotopic (exact) mass is 373 g/mol. The average molecular weight is 373 g/mol. The molecule has 0 saturated carbocycles. The third-order valence-electron chi connectivity index (χ3n) is 4.34. The van der Waals surface area contributed by atoms with Crippen LogP contribution in [-0.4, -0.2) is 17.6 Å². The summed E-state index contributed by atoms with van der Waals surface area (Å²) in [7, 11) is -0.901. The third kappa shape index (κ3) is 3.21. The minimum Gasteiger partial charge on any atom is -0.296 e. The number of rotatable bonds is 4. The van der Waals surface area contributed by atoms with E-state index in [1.54, 1.807) is 0 Å². The molecule has 0 amide bonds. The summed E-state index contributed by atoms with van der Waals surface area (Å²) < 4.78 is 30.0. The molecule has 0 fully saturated rings. The second-order valence-electron chi connectivity index (χ2n) is 6.19. The first-order valence-electron chi connectivity index (χ1n) is 7.96. The van der Waals surface area contributed by atoms with Crippen molar-refractivity contribution < 1.29 is 8.42 Å². The summed E-state index contributed by atoms with van der Waals surface area (Å²) in [6, 6.07) is 11.7. The number of aromatic nitrogens is 2. The first-order valence-corrected chi connectivity index (χ1v) is 9.44. The average Bonchev–Trinajstić information content (AvgIpc) is 2.63. The molecule has 1 aromatic heterocycles. The fourth-order valence-electron chi connectivity index (χ4n) is 2.71. The maximum Gasteiger partial charge on any atom is 0.330 e. The zero-order valence-electron chi connectivity index (χ0n) is 14.7. The second kappa shape index (κ2) is 6.54. The summed E-state index contributed by atoms with van der Waals surface area (Å²) in [4.78, 5) is 24.3. The van der Waals surface area contributed by atoms with E-state index >= 15 is 0 Å². The number of fused-ring (bicyclic) bond motifs is 1. The third-order valence-corrected chi connectivity index (χ3v) is 5.73. The van der Waals surface area contributed by atoms with Crippen molar-refractivity contribution in [1.82, 2.24) is 13.9 Å². The summed E-state index contributed by atoms with van der Waals surface area (Å²) in [5, 5.41) is 0.174. The van der Waals surface area contributed by atoms with E-state index in [9.17, 15) is 18.0 Å². The summed E-state index contributed by atoms with van der Waals surface area (Å²) >= 11 is 0. The Hall–Kier alpha value is -2.71. The van der Waals surface area contributed by atoms with Crippen molar-refractivity contribution in [1.29, 1.82) is 0 Å². The molecule has 1 N–H and O–H groups in total. The highest BCUT2D eigenvalue weighted by atomic mass is 32.2. The number of nitrogens with zero attached hydrogens (tertiary/aromatic N) is 2. The molecule has 8 heteroatoms. The van der Waals surface area contributed by atoms with Crippen molar-refractivity contribution in [2.24, 2.45) is 14.1 Å². The van der Waals surface area contributed by atoms with E-state index in [0.717, 1.165) is 15.7 Å². The van der Waals surface area contributed by atoms with Gasteiger partial charge in [-0.15, -0.1) is 0 Å². The first-order chi connectivity index (χ1) is 12.2. The van der Waals surface area contributed by atoms with Gasteiger partial charge in [0.15, 0.2) is 0 Å². The summed E-state index contributed by atoms with van der Waals surface area (Å²) in [5.41, 5.74) is 1.32. The van der Waals surface area contributed by atoms with Crippen LogP contribution in [0.5, 0.6) is 0 Å². The highest BCUT2D eigenvalue weighted by Gasteiger charge is 2.17. The van der Waals surface area contributed by atoms with Crippen LogP contribution in [-0.2, 0) is 30.7 Å². The Morgan fingerprint density at radius 2 is 1.62 bits per heavy atom. The minimum absolute atomic E-state index is 0.0205. The molecule has 3 rings (SSSR count). The Balaban J connectivity index is 2.00. The first kappa shape index (κ1) is 18.1. The van der Waals surface area contributed by atoms with Crippen LogP contribution in [0.25, 0.3) is 10.9 Å². The smallest absolute Gasteiger partial charge is 0.296 e. The number of benzene rings is 2. The lowest BCUT2D eigenvalue weighted by Crippen LogP contribution is -2.37. The van der Waals surface area contributed by atoms with E-state index in [4.69, 9.17) is 0 Å². The van der Waals surface area contributed by atoms with Gasteiger partial charge in [0.2, 0.25) is 10.0 Å². The van der Waals surface area contributed by atoms with Gasteiger partial charge in [-0.3, -0.25) is 13.9 Å². The SMILES string of the molecule is Cc1ccc(CNS(=O)(=O)c2ccc3c(c2)c(=O)n(C)c(=O)n3C)cc1.